The van der Waals surface area contributed by atoms with Crippen LogP contribution >= 0.6 is 11.8 Å². The lowest BCUT2D eigenvalue weighted by atomic mass is 9.93. The number of esters is 1. The number of benzene rings is 1. The molecule has 3 rings (SSSR count). The number of carboxylic acids is 1. The van der Waals surface area contributed by atoms with E-state index in [0.29, 0.717) is 18.5 Å². The molecule has 1 unspecified atom stereocenters. The summed E-state index contributed by atoms with van der Waals surface area (Å²) in [6.07, 6.45) is 0.422. The minimum atomic E-state index is -1.27. The van der Waals surface area contributed by atoms with Gasteiger partial charge in [0.2, 0.25) is 5.91 Å². The first-order valence-electron chi connectivity index (χ1n) is 9.44. The van der Waals surface area contributed by atoms with Gasteiger partial charge in [-0.2, -0.15) is 0 Å². The fourth-order valence-corrected chi connectivity index (χ4v) is 4.87. The Kier molecular flexibility index (Phi) is 6.78. The summed E-state index contributed by atoms with van der Waals surface area (Å²) in [6.45, 7) is 1.34. The number of β-lactam (4-membered cyclic amide) rings is 1. The molecule has 2 heterocycles. The Bertz CT molecular complexity index is 888. The second-order valence-electron chi connectivity index (χ2n) is 6.97. The zero-order chi connectivity index (χ0) is 21.8. The third-order valence-corrected chi connectivity index (χ3v) is 6.31. The van der Waals surface area contributed by atoms with Gasteiger partial charge >= 0.3 is 11.9 Å². The van der Waals surface area contributed by atoms with Crippen LogP contribution in [-0.4, -0.2) is 64.1 Å². The molecule has 30 heavy (non-hydrogen) atoms. The van der Waals surface area contributed by atoms with E-state index in [0.717, 1.165) is 10.5 Å². The van der Waals surface area contributed by atoms with Gasteiger partial charge in [-0.1, -0.05) is 30.3 Å². The number of carbonyl (C=O) groups excluding carboxylic acids is 3. The molecule has 2 aliphatic heterocycles. The Morgan fingerprint density at radius 1 is 1.33 bits per heavy atom. The molecule has 10 heteroatoms. The molecule has 0 spiro atoms. The molecule has 2 aliphatic rings. The average molecular weight is 433 g/mol. The fourth-order valence-electron chi connectivity index (χ4n) is 3.54. The standard InChI is InChI=1S/C20H23N3O6S/c1-11(24)29-9-13-10-30-19-15(18(26)23(19)16(13)20(27)28)22-17(25)14(7-8-21)12-5-3-2-4-6-12/h2-6,14-15,19H,7-10,21H2,1H3,(H,22,25)(H,27,28)/t14?,15-,19-/m1/s1. The molecule has 1 fully saturated rings. The van der Waals surface area contributed by atoms with Crippen molar-refractivity contribution in [1.29, 1.82) is 0 Å². The van der Waals surface area contributed by atoms with E-state index in [9.17, 15) is 24.3 Å². The molecule has 9 nitrogen and oxygen atoms in total. The molecule has 0 saturated carbocycles. The van der Waals surface area contributed by atoms with Gasteiger partial charge in [-0.15, -0.1) is 11.8 Å². The van der Waals surface area contributed by atoms with Crippen LogP contribution in [0.3, 0.4) is 0 Å². The van der Waals surface area contributed by atoms with E-state index < -0.39 is 35.2 Å². The molecular formula is C20H23N3O6S. The van der Waals surface area contributed by atoms with E-state index in [1.165, 1.54) is 18.7 Å². The summed E-state index contributed by atoms with van der Waals surface area (Å²) >= 11 is 1.32. The van der Waals surface area contributed by atoms with Crippen LogP contribution in [0.25, 0.3) is 0 Å². The average Bonchev–Trinajstić information content (AvgIpc) is 2.73. The highest BCUT2D eigenvalue weighted by Crippen LogP contribution is 2.40. The summed E-state index contributed by atoms with van der Waals surface area (Å²) in [7, 11) is 0. The monoisotopic (exact) mass is 433 g/mol. The molecule has 0 radical (unpaired) electrons. The Morgan fingerprint density at radius 2 is 2.03 bits per heavy atom. The summed E-state index contributed by atoms with van der Waals surface area (Å²) in [5.41, 5.74) is 6.63. The third kappa shape index (κ3) is 4.34. The van der Waals surface area contributed by atoms with Crippen molar-refractivity contribution in [3.8, 4) is 0 Å². The van der Waals surface area contributed by atoms with Crippen molar-refractivity contribution < 1.29 is 29.0 Å². The van der Waals surface area contributed by atoms with Gasteiger partial charge < -0.3 is 20.9 Å². The van der Waals surface area contributed by atoms with Gasteiger partial charge in [-0.25, -0.2) is 4.79 Å². The molecule has 0 aliphatic carbocycles. The third-order valence-electron chi connectivity index (χ3n) is 4.97. The number of carbonyl (C=O) groups is 4. The molecule has 0 bridgehead atoms. The topological polar surface area (TPSA) is 139 Å². The first kappa shape index (κ1) is 21.8. The van der Waals surface area contributed by atoms with Crippen LogP contribution in [0.15, 0.2) is 41.6 Å². The minimum absolute atomic E-state index is 0.183. The maximum Gasteiger partial charge on any atom is 0.352 e. The van der Waals surface area contributed by atoms with Gasteiger partial charge in [0.25, 0.3) is 5.91 Å². The molecule has 4 N–H and O–H groups in total. The van der Waals surface area contributed by atoms with Crippen molar-refractivity contribution in [3.05, 3.63) is 47.2 Å². The second kappa shape index (κ2) is 9.31. The smallest absolute Gasteiger partial charge is 0.352 e. The van der Waals surface area contributed by atoms with Crippen molar-refractivity contribution >= 4 is 35.5 Å². The minimum Gasteiger partial charge on any atom is -0.477 e. The van der Waals surface area contributed by atoms with Crippen molar-refractivity contribution in [3.63, 3.8) is 0 Å². The summed E-state index contributed by atoms with van der Waals surface area (Å²) in [6, 6.07) is 8.34. The highest BCUT2D eigenvalue weighted by molar-refractivity contribution is 8.00. The van der Waals surface area contributed by atoms with E-state index in [2.05, 4.69) is 5.32 Å². The van der Waals surface area contributed by atoms with Crippen LogP contribution in [0, 0.1) is 0 Å². The summed E-state index contributed by atoms with van der Waals surface area (Å²) < 4.78 is 4.91. The Hall–Kier alpha value is -2.85. The van der Waals surface area contributed by atoms with Crippen molar-refractivity contribution in [2.75, 3.05) is 18.9 Å². The number of amides is 2. The van der Waals surface area contributed by atoms with E-state index >= 15 is 0 Å². The molecule has 2 amide bonds. The van der Waals surface area contributed by atoms with E-state index in [4.69, 9.17) is 10.5 Å². The van der Waals surface area contributed by atoms with Crippen molar-refractivity contribution in [2.45, 2.75) is 30.7 Å². The van der Waals surface area contributed by atoms with E-state index in [-0.39, 0.29) is 24.0 Å². The molecule has 160 valence electrons. The van der Waals surface area contributed by atoms with Crippen LogP contribution in [0.5, 0.6) is 0 Å². The van der Waals surface area contributed by atoms with Gasteiger partial charge in [0, 0.05) is 18.2 Å². The number of ether oxygens (including phenoxy) is 1. The van der Waals surface area contributed by atoms with Crippen molar-refractivity contribution in [1.82, 2.24) is 10.2 Å². The molecule has 1 saturated heterocycles. The van der Waals surface area contributed by atoms with Crippen LogP contribution in [0.1, 0.15) is 24.8 Å². The zero-order valence-corrected chi connectivity index (χ0v) is 17.2. The maximum atomic E-state index is 12.9. The molecule has 1 aromatic carbocycles. The molecule has 1 aromatic rings. The molecule has 0 aromatic heterocycles. The summed E-state index contributed by atoms with van der Waals surface area (Å²) in [4.78, 5) is 49.6. The second-order valence-corrected chi connectivity index (χ2v) is 8.08. The number of nitrogens with two attached hydrogens (primary N) is 1. The fraction of sp³-hybridized carbons (Fsp3) is 0.400. The lowest BCUT2D eigenvalue weighted by Crippen LogP contribution is -2.71. The van der Waals surface area contributed by atoms with Crippen LogP contribution in [0.2, 0.25) is 0 Å². The normalized spacial score (nSPS) is 21.4. The van der Waals surface area contributed by atoms with E-state index in [1.807, 2.05) is 30.3 Å². The van der Waals surface area contributed by atoms with Gasteiger partial charge in [-0.3, -0.25) is 19.3 Å². The number of rotatable bonds is 8. The number of hydrogen-bond donors (Lipinski definition) is 3. The first-order valence-corrected chi connectivity index (χ1v) is 10.5. The Labute approximate surface area is 177 Å². The largest absolute Gasteiger partial charge is 0.477 e. The van der Waals surface area contributed by atoms with Gasteiger partial charge in [0.15, 0.2) is 0 Å². The summed E-state index contributed by atoms with van der Waals surface area (Å²) in [5.74, 6) is -2.85. The first-order chi connectivity index (χ1) is 14.3. The Balaban J connectivity index is 1.75. The highest BCUT2D eigenvalue weighted by atomic mass is 32.2. The number of nitrogens with one attached hydrogen (secondary N) is 1. The highest BCUT2D eigenvalue weighted by Gasteiger charge is 2.54. The Morgan fingerprint density at radius 3 is 2.63 bits per heavy atom. The predicted octanol–water partition coefficient (Wildman–Crippen LogP) is 0.421. The lowest BCUT2D eigenvalue weighted by Gasteiger charge is -2.49. The van der Waals surface area contributed by atoms with E-state index in [1.54, 1.807) is 0 Å². The SMILES string of the molecule is CC(=O)OCC1=C(C(=O)O)N2C(=O)[C@@H](NC(=O)C(CCN)c3ccccc3)[C@H]2SC1. The number of fused-ring (bicyclic) bond motifs is 1. The number of thioether (sulfide) groups is 1. The number of carboxylic acid groups (broad SMARTS) is 1. The van der Waals surface area contributed by atoms with Gasteiger partial charge in [0.05, 0.1) is 5.92 Å². The number of hydrogen-bond acceptors (Lipinski definition) is 7. The quantitative estimate of drug-likeness (QED) is 0.396. The van der Waals surface area contributed by atoms with Crippen LogP contribution in [0.4, 0.5) is 0 Å². The van der Waals surface area contributed by atoms with Gasteiger partial charge in [0.1, 0.15) is 23.7 Å². The molecule has 3 atom stereocenters. The number of nitrogens with zero attached hydrogens (tertiary/aromatic N) is 1. The number of aliphatic carboxylic acids is 1. The van der Waals surface area contributed by atoms with Gasteiger partial charge in [-0.05, 0) is 18.5 Å². The predicted molar refractivity (Wildman–Crippen MR) is 109 cm³/mol. The lowest BCUT2D eigenvalue weighted by molar-refractivity contribution is -0.151. The molecular weight excluding hydrogens is 410 g/mol. The van der Waals surface area contributed by atoms with Crippen LogP contribution < -0.4 is 11.1 Å². The zero-order valence-electron chi connectivity index (χ0n) is 16.4. The summed E-state index contributed by atoms with van der Waals surface area (Å²) in [5, 5.41) is 11.8. The maximum absolute atomic E-state index is 12.9. The van der Waals surface area contributed by atoms with Crippen LogP contribution in [-0.2, 0) is 23.9 Å². The van der Waals surface area contributed by atoms with Crippen molar-refractivity contribution in [2.24, 2.45) is 5.73 Å².